The molecule has 0 unspecified atom stereocenters. The Morgan fingerprint density at radius 2 is 2.31 bits per heavy atom. The van der Waals surface area contributed by atoms with E-state index in [1.807, 2.05) is 0 Å². The minimum atomic E-state index is -0.129. The molecule has 0 saturated heterocycles. The molecule has 0 aliphatic heterocycles. The summed E-state index contributed by atoms with van der Waals surface area (Å²) in [6.45, 7) is 1.13. The lowest BCUT2D eigenvalue weighted by Crippen LogP contribution is -2.32. The second-order valence-electron chi connectivity index (χ2n) is 3.04. The van der Waals surface area contributed by atoms with Crippen molar-refractivity contribution in [2.75, 3.05) is 37.9 Å². The van der Waals surface area contributed by atoms with Crippen molar-refractivity contribution in [3.05, 3.63) is 12.1 Å². The highest BCUT2D eigenvalue weighted by molar-refractivity contribution is 5.80. The van der Waals surface area contributed by atoms with E-state index in [-0.39, 0.29) is 12.5 Å². The van der Waals surface area contributed by atoms with Crippen LogP contribution in [0.2, 0.25) is 0 Å². The summed E-state index contributed by atoms with van der Waals surface area (Å²) in [6, 6.07) is 3.27. The summed E-state index contributed by atoms with van der Waals surface area (Å²) in [6.07, 6.45) is 0. The highest BCUT2D eigenvalue weighted by Crippen LogP contribution is 2.01. The number of hydrogen-bond donors (Lipinski definition) is 3. The zero-order valence-corrected chi connectivity index (χ0v) is 9.06. The average Bonchev–Trinajstić information content (AvgIpc) is 2.29. The Kier molecular flexibility index (Phi) is 5.00. The molecule has 1 rings (SSSR count). The standard InChI is InChI=1S/C9H15N5O2/c1-16-5-4-11-9(15)6-12-8-3-2-7(10)13-14-8/h2-3H,4-6H2,1H3,(H2,10,13)(H,11,15)(H,12,14). The SMILES string of the molecule is COCCNC(=O)CNc1ccc(N)nn1. The molecule has 0 aliphatic rings. The molecule has 1 aromatic rings. The molecule has 88 valence electrons. The third-order valence-electron chi connectivity index (χ3n) is 1.74. The molecule has 1 heterocycles. The fourth-order valence-electron chi connectivity index (χ4n) is 0.963. The van der Waals surface area contributed by atoms with Gasteiger partial charge in [-0.25, -0.2) is 0 Å². The summed E-state index contributed by atoms with van der Waals surface area (Å²) in [5.74, 6) is 0.724. The third kappa shape index (κ3) is 4.56. The van der Waals surface area contributed by atoms with Crippen LogP contribution >= 0.6 is 0 Å². The molecule has 1 aromatic heterocycles. The molecule has 16 heavy (non-hydrogen) atoms. The largest absolute Gasteiger partial charge is 0.383 e. The van der Waals surface area contributed by atoms with E-state index in [1.54, 1.807) is 19.2 Å². The van der Waals surface area contributed by atoms with Gasteiger partial charge in [-0.1, -0.05) is 0 Å². The van der Waals surface area contributed by atoms with Gasteiger partial charge in [0.2, 0.25) is 5.91 Å². The molecule has 0 bridgehead atoms. The van der Waals surface area contributed by atoms with Crippen molar-refractivity contribution in [1.29, 1.82) is 0 Å². The van der Waals surface area contributed by atoms with Crippen LogP contribution in [0.1, 0.15) is 0 Å². The van der Waals surface area contributed by atoms with Gasteiger partial charge in [0.25, 0.3) is 0 Å². The molecule has 4 N–H and O–H groups in total. The van der Waals surface area contributed by atoms with Crippen molar-refractivity contribution in [3.8, 4) is 0 Å². The first kappa shape index (κ1) is 12.2. The third-order valence-corrected chi connectivity index (χ3v) is 1.74. The Hall–Kier alpha value is -1.89. The first-order valence-electron chi connectivity index (χ1n) is 4.81. The molecule has 0 aromatic carbocycles. The number of aromatic nitrogens is 2. The second-order valence-corrected chi connectivity index (χ2v) is 3.04. The minimum Gasteiger partial charge on any atom is -0.383 e. The summed E-state index contributed by atoms with van der Waals surface area (Å²) in [5, 5.41) is 12.9. The van der Waals surface area contributed by atoms with Gasteiger partial charge in [0.05, 0.1) is 13.2 Å². The monoisotopic (exact) mass is 225 g/mol. The lowest BCUT2D eigenvalue weighted by Gasteiger charge is -2.06. The Morgan fingerprint density at radius 1 is 1.50 bits per heavy atom. The van der Waals surface area contributed by atoms with Crippen LogP contribution in [0.15, 0.2) is 12.1 Å². The van der Waals surface area contributed by atoms with E-state index in [0.717, 1.165) is 0 Å². The van der Waals surface area contributed by atoms with Crippen molar-refractivity contribution < 1.29 is 9.53 Å². The van der Waals surface area contributed by atoms with Crippen LogP contribution in [0.25, 0.3) is 0 Å². The number of hydrogen-bond acceptors (Lipinski definition) is 6. The molecule has 0 fully saturated rings. The Bertz CT molecular complexity index is 327. The van der Waals surface area contributed by atoms with Crippen molar-refractivity contribution in [2.45, 2.75) is 0 Å². The zero-order valence-electron chi connectivity index (χ0n) is 9.06. The summed E-state index contributed by atoms with van der Waals surface area (Å²) < 4.78 is 4.80. The second kappa shape index (κ2) is 6.57. The number of anilines is 2. The maximum absolute atomic E-state index is 11.3. The Morgan fingerprint density at radius 3 is 2.94 bits per heavy atom. The number of amides is 1. The van der Waals surface area contributed by atoms with Gasteiger partial charge >= 0.3 is 0 Å². The van der Waals surface area contributed by atoms with E-state index in [2.05, 4.69) is 20.8 Å². The molecule has 7 heteroatoms. The quantitative estimate of drug-likeness (QED) is 0.550. The minimum absolute atomic E-state index is 0.129. The van der Waals surface area contributed by atoms with Crippen LogP contribution in [-0.4, -0.2) is 42.9 Å². The first-order chi connectivity index (χ1) is 7.72. The number of rotatable bonds is 6. The molecule has 0 aliphatic carbocycles. The van der Waals surface area contributed by atoms with Gasteiger partial charge in [-0.05, 0) is 12.1 Å². The molecular weight excluding hydrogens is 210 g/mol. The average molecular weight is 225 g/mol. The lowest BCUT2D eigenvalue weighted by atomic mass is 10.5. The molecule has 0 saturated carbocycles. The molecule has 0 atom stereocenters. The number of methoxy groups -OCH3 is 1. The maximum Gasteiger partial charge on any atom is 0.239 e. The van der Waals surface area contributed by atoms with Crippen molar-refractivity contribution in [1.82, 2.24) is 15.5 Å². The van der Waals surface area contributed by atoms with Gasteiger partial charge in [0.15, 0.2) is 0 Å². The van der Waals surface area contributed by atoms with E-state index in [0.29, 0.717) is 24.8 Å². The molecule has 0 spiro atoms. The van der Waals surface area contributed by atoms with E-state index in [1.165, 1.54) is 0 Å². The summed E-state index contributed by atoms with van der Waals surface area (Å²) in [7, 11) is 1.58. The molecule has 7 nitrogen and oxygen atoms in total. The summed E-state index contributed by atoms with van der Waals surface area (Å²) in [4.78, 5) is 11.3. The maximum atomic E-state index is 11.3. The van der Waals surface area contributed by atoms with Crippen molar-refractivity contribution >= 4 is 17.5 Å². The van der Waals surface area contributed by atoms with Crippen LogP contribution in [-0.2, 0) is 9.53 Å². The molecular formula is C9H15N5O2. The van der Waals surface area contributed by atoms with Gasteiger partial charge in [-0.15, -0.1) is 10.2 Å². The van der Waals surface area contributed by atoms with Gasteiger partial charge < -0.3 is 21.1 Å². The smallest absolute Gasteiger partial charge is 0.239 e. The van der Waals surface area contributed by atoms with Crippen LogP contribution in [0.3, 0.4) is 0 Å². The Balaban J connectivity index is 2.23. The number of nitrogens with two attached hydrogens (primary N) is 1. The van der Waals surface area contributed by atoms with Crippen LogP contribution in [0.4, 0.5) is 11.6 Å². The normalized spacial score (nSPS) is 9.81. The molecule has 1 amide bonds. The van der Waals surface area contributed by atoms with E-state index < -0.39 is 0 Å². The lowest BCUT2D eigenvalue weighted by molar-refractivity contribution is -0.119. The number of nitrogens with zero attached hydrogens (tertiary/aromatic N) is 2. The van der Waals surface area contributed by atoms with Crippen LogP contribution in [0.5, 0.6) is 0 Å². The summed E-state index contributed by atoms with van der Waals surface area (Å²) >= 11 is 0. The van der Waals surface area contributed by atoms with Crippen LogP contribution in [0, 0.1) is 0 Å². The topological polar surface area (TPSA) is 102 Å². The Labute approximate surface area is 93.4 Å². The van der Waals surface area contributed by atoms with Gasteiger partial charge in [-0.2, -0.15) is 0 Å². The van der Waals surface area contributed by atoms with E-state index in [9.17, 15) is 4.79 Å². The number of carbonyl (C=O) groups is 1. The zero-order chi connectivity index (χ0) is 11.8. The van der Waals surface area contributed by atoms with Crippen LogP contribution < -0.4 is 16.4 Å². The number of carbonyl (C=O) groups excluding carboxylic acids is 1. The van der Waals surface area contributed by atoms with E-state index >= 15 is 0 Å². The van der Waals surface area contributed by atoms with Gasteiger partial charge in [-0.3, -0.25) is 4.79 Å². The predicted octanol–water partition coefficient (Wildman–Crippen LogP) is -0.767. The number of nitrogen functional groups attached to an aromatic ring is 1. The predicted molar refractivity (Wildman–Crippen MR) is 59.8 cm³/mol. The highest BCUT2D eigenvalue weighted by Gasteiger charge is 2.00. The molecule has 0 radical (unpaired) electrons. The van der Waals surface area contributed by atoms with Gasteiger partial charge in [0, 0.05) is 13.7 Å². The van der Waals surface area contributed by atoms with Crippen molar-refractivity contribution in [2.24, 2.45) is 0 Å². The first-order valence-corrected chi connectivity index (χ1v) is 4.81. The summed E-state index contributed by atoms with van der Waals surface area (Å²) in [5.41, 5.74) is 5.37. The fourth-order valence-corrected chi connectivity index (χ4v) is 0.963. The highest BCUT2D eigenvalue weighted by atomic mass is 16.5. The number of ether oxygens (including phenoxy) is 1. The number of nitrogens with one attached hydrogen (secondary N) is 2. The van der Waals surface area contributed by atoms with E-state index in [4.69, 9.17) is 10.5 Å². The fraction of sp³-hybridized carbons (Fsp3) is 0.444. The van der Waals surface area contributed by atoms with Gasteiger partial charge in [0.1, 0.15) is 11.6 Å². The van der Waals surface area contributed by atoms with Crippen molar-refractivity contribution in [3.63, 3.8) is 0 Å².